The second-order valence-corrected chi connectivity index (χ2v) is 7.56. The first-order chi connectivity index (χ1) is 17.9. The molecule has 5 nitrogen and oxygen atoms in total. The van der Waals surface area contributed by atoms with Crippen molar-refractivity contribution in [3.05, 3.63) is 93.1 Å². The molecule has 0 bridgehead atoms. The summed E-state index contributed by atoms with van der Waals surface area (Å²) in [4.78, 5) is 13.0. The zero-order valence-corrected chi connectivity index (χ0v) is 19.0. The minimum absolute atomic E-state index is 0.0690. The molecule has 0 saturated heterocycles. The van der Waals surface area contributed by atoms with Gasteiger partial charge in [-0.2, -0.15) is 13.2 Å². The summed E-state index contributed by atoms with van der Waals surface area (Å²) in [5.41, 5.74) is -3.17. The molecule has 4 rings (SSSR count). The van der Waals surface area contributed by atoms with Gasteiger partial charge < -0.3 is 18.6 Å². The molecule has 0 N–H and O–H groups in total. The lowest BCUT2D eigenvalue weighted by molar-refractivity contribution is -0.154. The Labute approximate surface area is 207 Å². The fourth-order valence-electron chi connectivity index (χ4n) is 3.38. The van der Waals surface area contributed by atoms with Gasteiger partial charge in [0.25, 0.3) is 5.76 Å². The van der Waals surface area contributed by atoms with Gasteiger partial charge in [-0.1, -0.05) is 12.1 Å². The first-order valence-corrected chi connectivity index (χ1v) is 10.6. The lowest BCUT2D eigenvalue weighted by Crippen LogP contribution is -2.16. The molecule has 0 aliphatic carbocycles. The van der Waals surface area contributed by atoms with Gasteiger partial charge in [0.1, 0.15) is 17.9 Å². The smallest absolute Gasteiger partial charge is 0.453 e. The van der Waals surface area contributed by atoms with Gasteiger partial charge in [-0.25, -0.2) is 22.0 Å². The van der Waals surface area contributed by atoms with Crippen molar-refractivity contribution in [2.24, 2.45) is 0 Å². The van der Waals surface area contributed by atoms with Crippen molar-refractivity contribution in [1.29, 1.82) is 0 Å². The van der Waals surface area contributed by atoms with Gasteiger partial charge in [0.05, 0.1) is 17.6 Å². The summed E-state index contributed by atoms with van der Waals surface area (Å²) in [7, 11) is 0. The third-order valence-electron chi connectivity index (χ3n) is 5.12. The number of fused-ring (bicyclic) bond motifs is 1. The van der Waals surface area contributed by atoms with Crippen LogP contribution >= 0.6 is 0 Å². The molecule has 0 aliphatic heterocycles. The van der Waals surface area contributed by atoms with Crippen LogP contribution in [0.4, 0.5) is 35.1 Å². The van der Waals surface area contributed by atoms with Crippen molar-refractivity contribution in [2.75, 3.05) is 6.61 Å². The fraction of sp³-hybridized carbons (Fsp3) is 0.160. The Bertz CT molecular complexity index is 1550. The fourth-order valence-corrected chi connectivity index (χ4v) is 3.38. The summed E-state index contributed by atoms with van der Waals surface area (Å²) in [5.74, 6) is -14.5. The van der Waals surface area contributed by atoms with E-state index in [1.807, 2.05) is 0 Å². The maximum Gasteiger partial charge on any atom is 0.453 e. The zero-order chi connectivity index (χ0) is 27.8. The molecular weight excluding hydrogens is 532 g/mol. The Morgan fingerprint density at radius 1 is 0.816 bits per heavy atom. The van der Waals surface area contributed by atoms with Crippen molar-refractivity contribution in [1.82, 2.24) is 0 Å². The van der Waals surface area contributed by atoms with Gasteiger partial charge in [-0.3, -0.25) is 4.79 Å². The number of halogens is 8. The van der Waals surface area contributed by atoms with Crippen LogP contribution < -0.4 is 19.6 Å². The van der Waals surface area contributed by atoms with E-state index in [0.29, 0.717) is 0 Å². The predicted molar refractivity (Wildman–Crippen MR) is 116 cm³/mol. The number of benzene rings is 3. The van der Waals surface area contributed by atoms with Crippen LogP contribution in [0.15, 0.2) is 51.7 Å². The molecule has 0 fully saturated rings. The highest BCUT2D eigenvalue weighted by Crippen LogP contribution is 2.40. The molecule has 1 heterocycles. The van der Waals surface area contributed by atoms with Crippen LogP contribution in [0, 0.1) is 29.1 Å². The minimum Gasteiger partial charge on any atom is -0.490 e. The summed E-state index contributed by atoms with van der Waals surface area (Å²) >= 11 is 0. The Balaban J connectivity index is 1.74. The standard InChI is InChI=1S/C25H14F8O5/c1-2-35-14-5-3-4-6-15(14)37-23-22(34)12-8-7-11(9-16(12)38-24(23)25(31,32)33)36-10-13-17(26)19(28)21(30)20(29)18(13)27/h3-9H,2,10H2,1H3. The maximum atomic E-state index is 13.9. The van der Waals surface area contributed by atoms with Crippen molar-refractivity contribution < 1.29 is 53.8 Å². The van der Waals surface area contributed by atoms with Crippen molar-refractivity contribution in [3.63, 3.8) is 0 Å². The highest BCUT2D eigenvalue weighted by Gasteiger charge is 2.41. The van der Waals surface area contributed by atoms with Crippen molar-refractivity contribution in [2.45, 2.75) is 19.7 Å². The second kappa shape index (κ2) is 10.2. The van der Waals surface area contributed by atoms with Crippen molar-refractivity contribution >= 4 is 11.0 Å². The van der Waals surface area contributed by atoms with E-state index in [1.165, 1.54) is 18.2 Å². The molecule has 4 aromatic rings. The van der Waals surface area contributed by atoms with Gasteiger partial charge in [0, 0.05) is 6.07 Å². The largest absolute Gasteiger partial charge is 0.490 e. The predicted octanol–water partition coefficient (Wildman–Crippen LogP) is 7.28. The first kappa shape index (κ1) is 26.8. The average Bonchev–Trinajstić information content (AvgIpc) is 2.88. The molecule has 200 valence electrons. The summed E-state index contributed by atoms with van der Waals surface area (Å²) in [6.45, 7) is 0.615. The number of para-hydroxylation sites is 2. The van der Waals surface area contributed by atoms with E-state index in [4.69, 9.17) is 18.6 Å². The summed E-state index contributed by atoms with van der Waals surface area (Å²) in [5, 5.41) is -0.384. The molecule has 3 aromatic carbocycles. The Morgan fingerprint density at radius 2 is 1.42 bits per heavy atom. The molecule has 0 spiro atoms. The first-order valence-electron chi connectivity index (χ1n) is 10.6. The number of alkyl halides is 3. The monoisotopic (exact) mass is 546 g/mol. The van der Waals surface area contributed by atoms with Crippen molar-refractivity contribution in [3.8, 4) is 23.0 Å². The molecule has 0 aliphatic rings. The van der Waals surface area contributed by atoms with E-state index in [-0.39, 0.29) is 23.5 Å². The molecule has 0 radical (unpaired) electrons. The van der Waals surface area contributed by atoms with E-state index >= 15 is 0 Å². The number of hydrogen-bond acceptors (Lipinski definition) is 5. The molecule has 1 aromatic heterocycles. The number of ether oxygens (including phenoxy) is 3. The van der Waals surface area contributed by atoms with E-state index in [2.05, 4.69) is 0 Å². The molecule has 0 amide bonds. The van der Waals surface area contributed by atoms with E-state index in [9.17, 15) is 39.9 Å². The van der Waals surface area contributed by atoms with E-state index in [1.54, 1.807) is 13.0 Å². The Kier molecular flexibility index (Phi) is 7.20. The quantitative estimate of drug-likeness (QED) is 0.139. The average molecular weight is 546 g/mol. The van der Waals surface area contributed by atoms with Crippen LogP contribution in [0.5, 0.6) is 23.0 Å². The molecule has 0 saturated carbocycles. The van der Waals surface area contributed by atoms with E-state index in [0.717, 1.165) is 18.2 Å². The Hall–Kier alpha value is -4.29. The molecular formula is C25H14F8O5. The lowest BCUT2D eigenvalue weighted by Gasteiger charge is -2.15. The Morgan fingerprint density at radius 3 is 2.03 bits per heavy atom. The van der Waals surface area contributed by atoms with Crippen LogP contribution in [0.1, 0.15) is 18.2 Å². The second-order valence-electron chi connectivity index (χ2n) is 7.56. The minimum atomic E-state index is -5.20. The third-order valence-corrected chi connectivity index (χ3v) is 5.12. The van der Waals surface area contributed by atoms with E-state index < -0.39 is 75.7 Å². The summed E-state index contributed by atoms with van der Waals surface area (Å²) in [6, 6.07) is 8.48. The highest BCUT2D eigenvalue weighted by atomic mass is 19.4. The van der Waals surface area contributed by atoms with Gasteiger partial charge in [0.2, 0.25) is 17.0 Å². The summed E-state index contributed by atoms with van der Waals surface area (Å²) < 4.78 is 130. The van der Waals surface area contributed by atoms with Crippen LogP contribution in [0.3, 0.4) is 0 Å². The highest BCUT2D eigenvalue weighted by molar-refractivity contribution is 5.80. The number of rotatable bonds is 7. The van der Waals surface area contributed by atoms with Crippen LogP contribution in [-0.2, 0) is 12.8 Å². The number of hydrogen-bond donors (Lipinski definition) is 0. The van der Waals surface area contributed by atoms with Crippen LogP contribution in [-0.4, -0.2) is 6.61 Å². The van der Waals surface area contributed by atoms with Crippen LogP contribution in [0.25, 0.3) is 11.0 Å². The SMILES string of the molecule is CCOc1ccccc1Oc1c(C(F)(F)F)oc2cc(OCc3c(F)c(F)c(F)c(F)c3F)ccc2c1=O. The topological polar surface area (TPSA) is 57.9 Å². The lowest BCUT2D eigenvalue weighted by atomic mass is 10.1. The van der Waals surface area contributed by atoms with Crippen LogP contribution in [0.2, 0.25) is 0 Å². The van der Waals surface area contributed by atoms with Gasteiger partial charge >= 0.3 is 6.18 Å². The van der Waals surface area contributed by atoms with Gasteiger partial charge in [-0.15, -0.1) is 0 Å². The van der Waals surface area contributed by atoms with Gasteiger partial charge in [-0.05, 0) is 31.2 Å². The summed E-state index contributed by atoms with van der Waals surface area (Å²) in [6.07, 6.45) is -5.20. The maximum absolute atomic E-state index is 13.9. The molecule has 0 atom stereocenters. The molecule has 0 unspecified atom stereocenters. The third kappa shape index (κ3) is 4.95. The molecule has 38 heavy (non-hydrogen) atoms. The molecule has 13 heteroatoms. The zero-order valence-electron chi connectivity index (χ0n) is 19.0. The normalized spacial score (nSPS) is 11.6. The van der Waals surface area contributed by atoms with Gasteiger partial charge in [0.15, 0.2) is 34.8 Å².